The first-order chi connectivity index (χ1) is 2.91. The molecule has 0 aromatic carbocycles. The topological polar surface area (TPSA) is 23.9 Å². The molecule has 0 aromatic rings. The van der Waals surface area contributed by atoms with Gasteiger partial charge in [-0.15, -0.1) is 0 Å². The zero-order valence-electron chi connectivity index (χ0n) is 4.51. The van der Waals surface area contributed by atoms with E-state index in [1.54, 1.807) is 0 Å². The quantitative estimate of drug-likeness (QED) is 0.354. The molecule has 0 aliphatic rings. The van der Waals surface area contributed by atoms with E-state index in [2.05, 4.69) is 6.92 Å². The van der Waals surface area contributed by atoms with Crippen LogP contribution < -0.4 is 0 Å². The van der Waals surface area contributed by atoms with Gasteiger partial charge in [-0.05, 0) is 19.1 Å². The van der Waals surface area contributed by atoms with Gasteiger partial charge in [-0.2, -0.15) is 0 Å². The van der Waals surface area contributed by atoms with Crippen molar-refractivity contribution in [2.75, 3.05) is 0 Å². The number of hydrogen-bond donors (Lipinski definition) is 1. The SMILES string of the molecule is CCCCC=N.[Ni]. The van der Waals surface area contributed by atoms with Gasteiger partial charge in [-0.25, -0.2) is 0 Å². The zero-order valence-corrected chi connectivity index (χ0v) is 5.50. The van der Waals surface area contributed by atoms with E-state index in [-0.39, 0.29) is 16.5 Å². The molecule has 0 unspecified atom stereocenters. The van der Waals surface area contributed by atoms with Gasteiger partial charge in [0.25, 0.3) is 0 Å². The Balaban J connectivity index is 0. The van der Waals surface area contributed by atoms with E-state index >= 15 is 0 Å². The molecule has 0 saturated carbocycles. The van der Waals surface area contributed by atoms with Crippen LogP contribution in [-0.2, 0) is 16.5 Å². The van der Waals surface area contributed by atoms with E-state index in [0.717, 1.165) is 6.42 Å². The van der Waals surface area contributed by atoms with Gasteiger partial charge in [0.15, 0.2) is 0 Å². The molecule has 7 heavy (non-hydrogen) atoms. The molecular formula is C5H11NNi. The number of rotatable bonds is 3. The molecule has 1 nitrogen and oxygen atoms in total. The van der Waals surface area contributed by atoms with Crippen LogP contribution in [0.3, 0.4) is 0 Å². The fraction of sp³-hybridized carbons (Fsp3) is 0.800. The van der Waals surface area contributed by atoms with E-state index < -0.39 is 0 Å². The van der Waals surface area contributed by atoms with Crippen molar-refractivity contribution in [1.29, 1.82) is 5.41 Å². The third kappa shape index (κ3) is 10.7. The Hall–Kier alpha value is 0.164. The van der Waals surface area contributed by atoms with Gasteiger partial charge in [0.1, 0.15) is 0 Å². The summed E-state index contributed by atoms with van der Waals surface area (Å²) in [5, 5.41) is 6.58. The summed E-state index contributed by atoms with van der Waals surface area (Å²) in [6, 6.07) is 0. The molecule has 0 aliphatic heterocycles. The Labute approximate surface area is 54.9 Å². The molecule has 0 rings (SSSR count). The molecule has 0 heterocycles. The molecular weight excluding hydrogens is 133 g/mol. The first-order valence-corrected chi connectivity index (χ1v) is 2.40. The summed E-state index contributed by atoms with van der Waals surface area (Å²) in [6.45, 7) is 2.13. The van der Waals surface area contributed by atoms with Gasteiger partial charge in [-0.1, -0.05) is 13.3 Å². The summed E-state index contributed by atoms with van der Waals surface area (Å²) in [7, 11) is 0. The van der Waals surface area contributed by atoms with Crippen molar-refractivity contribution in [3.05, 3.63) is 0 Å². The molecule has 0 spiro atoms. The Morgan fingerprint density at radius 3 is 2.29 bits per heavy atom. The van der Waals surface area contributed by atoms with Crippen molar-refractivity contribution in [2.45, 2.75) is 26.2 Å². The van der Waals surface area contributed by atoms with Crippen molar-refractivity contribution in [3.63, 3.8) is 0 Å². The van der Waals surface area contributed by atoms with E-state index in [9.17, 15) is 0 Å². The van der Waals surface area contributed by atoms with Gasteiger partial charge in [0, 0.05) is 16.5 Å². The first kappa shape index (κ1) is 10.2. The van der Waals surface area contributed by atoms with Gasteiger partial charge in [0.05, 0.1) is 0 Å². The summed E-state index contributed by atoms with van der Waals surface area (Å²) in [4.78, 5) is 0. The first-order valence-electron chi connectivity index (χ1n) is 2.40. The molecule has 0 bridgehead atoms. The standard InChI is InChI=1S/C5H11N.Ni/c1-2-3-4-5-6;/h5-6H,2-4H2,1H3;. The van der Waals surface area contributed by atoms with Crippen molar-refractivity contribution in [2.24, 2.45) is 0 Å². The second kappa shape index (κ2) is 9.48. The smallest absolute Gasteiger partial charge is 0 e. The second-order valence-corrected chi connectivity index (χ2v) is 1.35. The predicted molar refractivity (Wildman–Crippen MR) is 28.3 cm³/mol. The van der Waals surface area contributed by atoms with Crippen LogP contribution in [-0.4, -0.2) is 6.21 Å². The van der Waals surface area contributed by atoms with Crippen LogP contribution in [0.5, 0.6) is 0 Å². The van der Waals surface area contributed by atoms with Crippen LogP contribution in [0.25, 0.3) is 0 Å². The maximum absolute atomic E-state index is 6.58. The van der Waals surface area contributed by atoms with Crippen molar-refractivity contribution in [1.82, 2.24) is 0 Å². The van der Waals surface area contributed by atoms with Crippen LogP contribution in [0.15, 0.2) is 0 Å². The normalized spacial score (nSPS) is 7.00. The average Bonchev–Trinajstić information content (AvgIpc) is 1.61. The van der Waals surface area contributed by atoms with E-state index in [0.29, 0.717) is 0 Å². The van der Waals surface area contributed by atoms with Crippen LogP contribution in [0.2, 0.25) is 0 Å². The Kier molecular flexibility index (Phi) is 13.8. The van der Waals surface area contributed by atoms with Crippen LogP contribution >= 0.6 is 0 Å². The van der Waals surface area contributed by atoms with E-state index in [1.807, 2.05) is 0 Å². The molecule has 2 heteroatoms. The fourth-order valence-corrected chi connectivity index (χ4v) is 0.306. The summed E-state index contributed by atoms with van der Waals surface area (Å²) >= 11 is 0. The largest absolute Gasteiger partial charge is 0.313 e. The van der Waals surface area contributed by atoms with Gasteiger partial charge in [-0.3, -0.25) is 0 Å². The molecule has 0 atom stereocenters. The summed E-state index contributed by atoms with van der Waals surface area (Å²) in [6.07, 6.45) is 4.79. The molecule has 0 fully saturated rings. The number of unbranched alkanes of at least 4 members (excludes halogenated alkanes) is 2. The monoisotopic (exact) mass is 143 g/mol. The second-order valence-electron chi connectivity index (χ2n) is 1.35. The maximum Gasteiger partial charge on any atom is 0 e. The molecule has 0 aliphatic carbocycles. The minimum atomic E-state index is 0. The van der Waals surface area contributed by atoms with Crippen molar-refractivity contribution < 1.29 is 16.5 Å². The fourth-order valence-electron chi connectivity index (χ4n) is 0.306. The van der Waals surface area contributed by atoms with Crippen LogP contribution in [0.1, 0.15) is 26.2 Å². The molecule has 0 saturated heterocycles. The summed E-state index contributed by atoms with van der Waals surface area (Å²) in [5.74, 6) is 0. The Morgan fingerprint density at radius 2 is 2.14 bits per heavy atom. The molecule has 46 valence electrons. The minimum Gasteiger partial charge on any atom is -0.313 e. The zero-order chi connectivity index (χ0) is 4.83. The van der Waals surface area contributed by atoms with Gasteiger partial charge >= 0.3 is 0 Å². The molecule has 0 aromatic heterocycles. The molecule has 0 amide bonds. The minimum absolute atomic E-state index is 0. The number of nitrogens with one attached hydrogen (secondary N) is 1. The molecule has 1 N–H and O–H groups in total. The van der Waals surface area contributed by atoms with Crippen molar-refractivity contribution in [3.8, 4) is 0 Å². The van der Waals surface area contributed by atoms with Crippen LogP contribution in [0.4, 0.5) is 0 Å². The van der Waals surface area contributed by atoms with E-state index in [1.165, 1.54) is 19.1 Å². The third-order valence-electron chi connectivity index (χ3n) is 0.702. The van der Waals surface area contributed by atoms with Gasteiger partial charge < -0.3 is 5.41 Å². The van der Waals surface area contributed by atoms with Crippen molar-refractivity contribution >= 4 is 6.21 Å². The Bertz CT molecular complexity index is 37.1. The van der Waals surface area contributed by atoms with E-state index in [4.69, 9.17) is 5.41 Å². The van der Waals surface area contributed by atoms with Crippen LogP contribution in [0, 0.1) is 5.41 Å². The van der Waals surface area contributed by atoms with Gasteiger partial charge in [0.2, 0.25) is 0 Å². The summed E-state index contributed by atoms with van der Waals surface area (Å²) in [5.41, 5.74) is 0. The molecule has 0 radical (unpaired) electrons. The maximum atomic E-state index is 6.58. The Morgan fingerprint density at radius 1 is 1.57 bits per heavy atom. The average molecular weight is 144 g/mol. The number of hydrogen-bond acceptors (Lipinski definition) is 1. The summed E-state index contributed by atoms with van der Waals surface area (Å²) < 4.78 is 0. The predicted octanol–water partition coefficient (Wildman–Crippen LogP) is 1.82. The third-order valence-corrected chi connectivity index (χ3v) is 0.702.